The number of methoxy groups -OCH3 is 2. The lowest BCUT2D eigenvalue weighted by atomic mass is 10.1. The van der Waals surface area contributed by atoms with Crippen molar-refractivity contribution in [2.24, 2.45) is 0 Å². The van der Waals surface area contributed by atoms with Crippen LogP contribution >= 0.6 is 22.9 Å². The zero-order valence-electron chi connectivity index (χ0n) is 14.5. The van der Waals surface area contributed by atoms with Gasteiger partial charge < -0.3 is 9.47 Å². The molecule has 7 heteroatoms. The number of hydrogen-bond acceptors (Lipinski definition) is 5. The number of aromatic nitrogens is 1. The molecule has 0 radical (unpaired) electrons. The molecule has 1 N–H and O–H groups in total. The third-order valence-corrected chi connectivity index (χ3v) is 4.89. The van der Waals surface area contributed by atoms with Crippen molar-refractivity contribution in [3.05, 3.63) is 57.9 Å². The Hall–Kier alpha value is -2.57. The van der Waals surface area contributed by atoms with Crippen LogP contribution in [0.15, 0.2) is 42.5 Å². The number of aryl methyl sites for hydroxylation is 1. The highest BCUT2D eigenvalue weighted by molar-refractivity contribution is 7.16. The Bertz CT molecular complexity index is 933. The van der Waals surface area contributed by atoms with Crippen LogP contribution in [0.4, 0.5) is 5.13 Å². The van der Waals surface area contributed by atoms with Gasteiger partial charge >= 0.3 is 0 Å². The summed E-state index contributed by atoms with van der Waals surface area (Å²) in [6, 6.07) is 12.6. The molecule has 3 aromatic rings. The van der Waals surface area contributed by atoms with E-state index in [4.69, 9.17) is 21.1 Å². The normalized spacial score (nSPS) is 10.5. The zero-order chi connectivity index (χ0) is 18.7. The predicted molar refractivity (Wildman–Crippen MR) is 105 cm³/mol. The number of nitrogens with one attached hydrogen (secondary N) is 1. The third-order valence-electron chi connectivity index (χ3n) is 3.77. The topological polar surface area (TPSA) is 60.5 Å². The number of carbonyl (C=O) groups excluding carboxylic acids is 1. The van der Waals surface area contributed by atoms with Crippen LogP contribution in [0.5, 0.6) is 11.5 Å². The SMILES string of the molecule is COc1cccc(OC)c1C(=O)Nc1nc(-c2cccc(Cl)c2)c(C)s1. The molecule has 5 nitrogen and oxygen atoms in total. The summed E-state index contributed by atoms with van der Waals surface area (Å²) in [4.78, 5) is 18.3. The molecule has 3 rings (SSSR count). The molecule has 0 aliphatic heterocycles. The maximum atomic E-state index is 12.8. The van der Waals surface area contributed by atoms with Crippen LogP contribution in [0.25, 0.3) is 11.3 Å². The minimum absolute atomic E-state index is 0.328. The van der Waals surface area contributed by atoms with Crippen LogP contribution in [0.3, 0.4) is 0 Å². The van der Waals surface area contributed by atoms with Gasteiger partial charge in [-0.05, 0) is 31.2 Å². The molecule has 0 saturated heterocycles. The molecule has 0 fully saturated rings. The van der Waals surface area contributed by atoms with Gasteiger partial charge in [0.2, 0.25) is 0 Å². The van der Waals surface area contributed by atoms with Crippen molar-refractivity contribution >= 4 is 34.0 Å². The van der Waals surface area contributed by atoms with Gasteiger partial charge in [0.05, 0.1) is 19.9 Å². The molecular formula is C19H17ClN2O3S. The van der Waals surface area contributed by atoms with Gasteiger partial charge in [0.1, 0.15) is 17.1 Å². The lowest BCUT2D eigenvalue weighted by Gasteiger charge is -2.11. The van der Waals surface area contributed by atoms with Crippen LogP contribution in [-0.4, -0.2) is 25.1 Å². The van der Waals surface area contributed by atoms with Gasteiger partial charge in [0.15, 0.2) is 5.13 Å². The van der Waals surface area contributed by atoms with E-state index in [0.29, 0.717) is 27.2 Å². The van der Waals surface area contributed by atoms with E-state index in [1.165, 1.54) is 25.6 Å². The van der Waals surface area contributed by atoms with E-state index in [-0.39, 0.29) is 5.91 Å². The van der Waals surface area contributed by atoms with Gasteiger partial charge in [-0.1, -0.05) is 29.8 Å². The Morgan fingerprint density at radius 1 is 1.12 bits per heavy atom. The maximum absolute atomic E-state index is 12.8. The number of benzene rings is 2. The molecule has 1 heterocycles. The molecule has 2 aromatic carbocycles. The first-order valence-corrected chi connectivity index (χ1v) is 8.98. The Morgan fingerprint density at radius 3 is 2.38 bits per heavy atom. The number of anilines is 1. The lowest BCUT2D eigenvalue weighted by molar-refractivity contribution is 0.102. The molecule has 0 unspecified atom stereocenters. The summed E-state index contributed by atoms with van der Waals surface area (Å²) in [6.45, 7) is 1.95. The summed E-state index contributed by atoms with van der Waals surface area (Å²) in [5, 5.41) is 3.96. The van der Waals surface area contributed by atoms with E-state index in [9.17, 15) is 4.79 Å². The smallest absolute Gasteiger partial charge is 0.265 e. The van der Waals surface area contributed by atoms with E-state index < -0.39 is 0 Å². The molecule has 0 aliphatic carbocycles. The van der Waals surface area contributed by atoms with E-state index in [2.05, 4.69) is 10.3 Å². The van der Waals surface area contributed by atoms with Crippen molar-refractivity contribution in [3.8, 4) is 22.8 Å². The standard InChI is InChI=1S/C19H17ClN2O3S/c1-11-17(12-6-4-7-13(20)10-12)21-19(26-11)22-18(23)16-14(24-2)8-5-9-15(16)25-3/h4-10H,1-3H3,(H,21,22,23). The molecule has 1 aromatic heterocycles. The molecule has 0 bridgehead atoms. The van der Waals surface area contributed by atoms with Gasteiger partial charge in [-0.2, -0.15) is 0 Å². The van der Waals surface area contributed by atoms with E-state index in [1.54, 1.807) is 18.2 Å². The van der Waals surface area contributed by atoms with Crippen molar-refractivity contribution in [3.63, 3.8) is 0 Å². The number of amides is 1. The van der Waals surface area contributed by atoms with E-state index >= 15 is 0 Å². The van der Waals surface area contributed by atoms with Crippen LogP contribution in [0.2, 0.25) is 5.02 Å². The highest BCUT2D eigenvalue weighted by Gasteiger charge is 2.20. The second-order valence-corrected chi connectivity index (χ2v) is 7.07. The molecule has 1 amide bonds. The zero-order valence-corrected chi connectivity index (χ0v) is 16.1. The lowest BCUT2D eigenvalue weighted by Crippen LogP contribution is -2.14. The molecule has 0 saturated carbocycles. The average Bonchev–Trinajstić information content (AvgIpc) is 3.00. The first-order valence-electron chi connectivity index (χ1n) is 7.79. The van der Waals surface area contributed by atoms with Gasteiger partial charge in [-0.15, -0.1) is 11.3 Å². The van der Waals surface area contributed by atoms with Crippen molar-refractivity contribution in [2.45, 2.75) is 6.92 Å². The molecule has 0 atom stereocenters. The number of nitrogens with zero attached hydrogens (tertiary/aromatic N) is 1. The van der Waals surface area contributed by atoms with Crippen LogP contribution < -0.4 is 14.8 Å². The number of hydrogen-bond donors (Lipinski definition) is 1. The fourth-order valence-electron chi connectivity index (χ4n) is 2.59. The maximum Gasteiger partial charge on any atom is 0.265 e. The summed E-state index contributed by atoms with van der Waals surface area (Å²) >= 11 is 7.46. The second kappa shape index (κ2) is 7.76. The van der Waals surface area contributed by atoms with Crippen LogP contribution in [-0.2, 0) is 0 Å². The molecule has 0 spiro atoms. The van der Waals surface area contributed by atoms with Crippen molar-refractivity contribution < 1.29 is 14.3 Å². The summed E-state index contributed by atoms with van der Waals surface area (Å²) in [6.07, 6.45) is 0. The van der Waals surface area contributed by atoms with Crippen LogP contribution in [0, 0.1) is 6.92 Å². The largest absolute Gasteiger partial charge is 0.496 e. The molecule has 134 valence electrons. The highest BCUT2D eigenvalue weighted by atomic mass is 35.5. The third kappa shape index (κ3) is 3.66. The minimum atomic E-state index is -0.342. The first kappa shape index (κ1) is 18.2. The summed E-state index contributed by atoms with van der Waals surface area (Å²) in [5.74, 6) is 0.529. The average molecular weight is 389 g/mol. The van der Waals surface area contributed by atoms with E-state index in [0.717, 1.165) is 16.1 Å². The Labute approximate surface area is 160 Å². The van der Waals surface area contributed by atoms with Crippen LogP contribution in [0.1, 0.15) is 15.2 Å². The van der Waals surface area contributed by atoms with Gasteiger partial charge in [0.25, 0.3) is 5.91 Å². The summed E-state index contributed by atoms with van der Waals surface area (Å²) < 4.78 is 10.6. The van der Waals surface area contributed by atoms with E-state index in [1.807, 2.05) is 31.2 Å². The fourth-order valence-corrected chi connectivity index (χ4v) is 3.61. The van der Waals surface area contributed by atoms with Gasteiger partial charge in [-0.3, -0.25) is 10.1 Å². The van der Waals surface area contributed by atoms with Gasteiger partial charge in [0, 0.05) is 15.5 Å². The number of carbonyl (C=O) groups is 1. The Balaban J connectivity index is 1.91. The molecule has 0 aliphatic rings. The second-order valence-electron chi connectivity index (χ2n) is 5.43. The predicted octanol–water partition coefficient (Wildman–Crippen LogP) is 5.04. The monoisotopic (exact) mass is 388 g/mol. The number of thiazole rings is 1. The Morgan fingerprint density at radius 2 is 1.77 bits per heavy atom. The summed E-state index contributed by atoms with van der Waals surface area (Å²) in [5.41, 5.74) is 2.02. The molecular weight excluding hydrogens is 372 g/mol. The minimum Gasteiger partial charge on any atom is -0.496 e. The molecule has 26 heavy (non-hydrogen) atoms. The van der Waals surface area contributed by atoms with Crippen molar-refractivity contribution in [2.75, 3.05) is 19.5 Å². The fraction of sp³-hybridized carbons (Fsp3) is 0.158. The highest BCUT2D eigenvalue weighted by Crippen LogP contribution is 2.33. The number of halogens is 1. The quantitative estimate of drug-likeness (QED) is 0.665. The summed E-state index contributed by atoms with van der Waals surface area (Å²) in [7, 11) is 3.02. The Kier molecular flexibility index (Phi) is 5.44. The first-order chi connectivity index (χ1) is 12.5. The van der Waals surface area contributed by atoms with Gasteiger partial charge in [-0.25, -0.2) is 4.98 Å². The van der Waals surface area contributed by atoms with Crippen molar-refractivity contribution in [1.82, 2.24) is 4.98 Å². The number of ether oxygens (including phenoxy) is 2. The number of rotatable bonds is 5. The van der Waals surface area contributed by atoms with Crippen molar-refractivity contribution in [1.29, 1.82) is 0 Å².